The Labute approximate surface area is 114 Å². The number of hydrogen-bond acceptors (Lipinski definition) is 4. The van der Waals surface area contributed by atoms with Gasteiger partial charge >= 0.3 is 5.97 Å². The third kappa shape index (κ3) is 3.07. The molecule has 0 aliphatic heterocycles. The summed E-state index contributed by atoms with van der Waals surface area (Å²) in [6.07, 6.45) is 3.25. The fourth-order valence-electron chi connectivity index (χ4n) is 2.62. The van der Waals surface area contributed by atoms with Crippen molar-refractivity contribution in [3.8, 4) is 5.75 Å². The highest BCUT2D eigenvalue weighted by Gasteiger charge is 2.24. The number of aryl methyl sites for hydroxylation is 1. The fraction of sp³-hybridized carbons (Fsp3) is 0.533. The summed E-state index contributed by atoms with van der Waals surface area (Å²) in [6, 6.07) is 6.06. The predicted octanol–water partition coefficient (Wildman–Crippen LogP) is 2.22. The molecule has 19 heavy (non-hydrogen) atoms. The van der Waals surface area contributed by atoms with Crippen LogP contribution in [0.1, 0.15) is 36.9 Å². The molecule has 0 spiro atoms. The van der Waals surface area contributed by atoms with Gasteiger partial charge in [0.1, 0.15) is 11.8 Å². The smallest absolute Gasteiger partial charge is 0.322 e. The number of carbonyl (C=O) groups excluding carboxylic acids is 1. The summed E-state index contributed by atoms with van der Waals surface area (Å²) >= 11 is 0. The van der Waals surface area contributed by atoms with Gasteiger partial charge in [0.15, 0.2) is 0 Å². The minimum atomic E-state index is -0.299. The van der Waals surface area contributed by atoms with Crippen molar-refractivity contribution < 1.29 is 14.3 Å². The molecular weight excluding hydrogens is 242 g/mol. The summed E-state index contributed by atoms with van der Waals surface area (Å²) in [4.78, 5) is 11.5. The zero-order valence-corrected chi connectivity index (χ0v) is 11.7. The lowest BCUT2D eigenvalue weighted by molar-refractivity contribution is -0.142. The molecule has 0 heterocycles. The average molecular weight is 263 g/mol. The lowest BCUT2D eigenvalue weighted by Gasteiger charge is -2.28. The summed E-state index contributed by atoms with van der Waals surface area (Å²) in [7, 11) is 3.09. The van der Waals surface area contributed by atoms with Crippen molar-refractivity contribution in [1.29, 1.82) is 0 Å². The molecule has 0 bridgehead atoms. The van der Waals surface area contributed by atoms with Gasteiger partial charge in [-0.2, -0.15) is 0 Å². The largest absolute Gasteiger partial charge is 0.497 e. The highest BCUT2D eigenvalue weighted by Crippen LogP contribution is 2.32. The Kier molecular flexibility index (Phi) is 4.43. The molecule has 0 saturated carbocycles. The molecule has 1 aromatic rings. The number of rotatable bonds is 4. The highest BCUT2D eigenvalue weighted by molar-refractivity contribution is 5.75. The maximum Gasteiger partial charge on any atom is 0.322 e. The first kappa shape index (κ1) is 13.9. The molecule has 2 rings (SSSR count). The normalized spacial score (nSPS) is 19.4. The maximum absolute atomic E-state index is 11.5. The first-order valence-corrected chi connectivity index (χ1v) is 6.66. The number of methoxy groups -OCH3 is 2. The van der Waals surface area contributed by atoms with E-state index in [2.05, 4.69) is 17.4 Å². The molecule has 0 amide bonds. The Morgan fingerprint density at radius 3 is 2.89 bits per heavy atom. The Morgan fingerprint density at radius 2 is 2.21 bits per heavy atom. The van der Waals surface area contributed by atoms with E-state index < -0.39 is 0 Å². The standard InChI is InChI=1S/C15H21NO3/c1-10(15(17)19-3)16-14-6-4-5-11-7-8-12(18-2)9-13(11)14/h7-10,14,16H,4-6H2,1-3H3. The third-order valence-electron chi connectivity index (χ3n) is 3.67. The average Bonchev–Trinajstić information content (AvgIpc) is 2.46. The van der Waals surface area contributed by atoms with Crippen molar-refractivity contribution in [2.24, 2.45) is 0 Å². The molecule has 1 aliphatic carbocycles. The van der Waals surface area contributed by atoms with Crippen LogP contribution in [0.4, 0.5) is 0 Å². The van der Waals surface area contributed by atoms with Gasteiger partial charge in [0.2, 0.25) is 0 Å². The summed E-state index contributed by atoms with van der Waals surface area (Å²) in [5, 5.41) is 3.35. The Morgan fingerprint density at radius 1 is 1.42 bits per heavy atom. The van der Waals surface area contributed by atoms with Gasteiger partial charge < -0.3 is 9.47 Å². The van der Waals surface area contributed by atoms with Crippen LogP contribution in [0, 0.1) is 0 Å². The second kappa shape index (κ2) is 6.06. The summed E-state index contributed by atoms with van der Waals surface area (Å²) in [5.74, 6) is 0.633. The van der Waals surface area contributed by atoms with Crippen molar-refractivity contribution in [1.82, 2.24) is 5.32 Å². The zero-order chi connectivity index (χ0) is 13.8. The molecule has 0 fully saturated rings. The van der Waals surface area contributed by atoms with Crippen LogP contribution in [0.15, 0.2) is 18.2 Å². The van der Waals surface area contributed by atoms with E-state index >= 15 is 0 Å². The second-order valence-corrected chi connectivity index (χ2v) is 4.92. The van der Waals surface area contributed by atoms with Crippen LogP contribution in [-0.2, 0) is 16.0 Å². The molecule has 4 heteroatoms. The lowest BCUT2D eigenvalue weighted by Crippen LogP contribution is -2.38. The van der Waals surface area contributed by atoms with E-state index in [-0.39, 0.29) is 18.1 Å². The van der Waals surface area contributed by atoms with Gasteiger partial charge in [0, 0.05) is 6.04 Å². The minimum Gasteiger partial charge on any atom is -0.497 e. The number of carbonyl (C=O) groups is 1. The SMILES string of the molecule is COC(=O)C(C)NC1CCCc2ccc(OC)cc21. The van der Waals surface area contributed by atoms with E-state index in [1.807, 2.05) is 13.0 Å². The van der Waals surface area contributed by atoms with Crippen molar-refractivity contribution in [2.45, 2.75) is 38.3 Å². The Balaban J connectivity index is 2.18. The number of benzene rings is 1. The maximum atomic E-state index is 11.5. The summed E-state index contributed by atoms with van der Waals surface area (Å²) in [6.45, 7) is 1.83. The van der Waals surface area contributed by atoms with Crippen molar-refractivity contribution >= 4 is 5.97 Å². The molecule has 4 nitrogen and oxygen atoms in total. The van der Waals surface area contributed by atoms with E-state index in [0.29, 0.717) is 0 Å². The molecule has 0 radical (unpaired) electrons. The summed E-state index contributed by atoms with van der Waals surface area (Å²) < 4.78 is 10.0. The molecule has 1 N–H and O–H groups in total. The van der Waals surface area contributed by atoms with Crippen LogP contribution in [0.25, 0.3) is 0 Å². The van der Waals surface area contributed by atoms with Crippen molar-refractivity contribution in [2.75, 3.05) is 14.2 Å². The van der Waals surface area contributed by atoms with Crippen molar-refractivity contribution in [3.63, 3.8) is 0 Å². The van der Waals surface area contributed by atoms with E-state index in [0.717, 1.165) is 25.0 Å². The van der Waals surface area contributed by atoms with Crippen molar-refractivity contribution in [3.05, 3.63) is 29.3 Å². The number of hydrogen-bond donors (Lipinski definition) is 1. The van der Waals surface area contributed by atoms with Gasteiger partial charge in [0.25, 0.3) is 0 Å². The van der Waals surface area contributed by atoms with Gasteiger partial charge in [-0.25, -0.2) is 0 Å². The molecule has 104 valence electrons. The molecule has 0 aromatic heterocycles. The molecule has 1 aromatic carbocycles. The number of esters is 1. The summed E-state index contributed by atoms with van der Waals surface area (Å²) in [5.41, 5.74) is 2.57. The van der Waals surface area contributed by atoms with Crippen LogP contribution in [0.3, 0.4) is 0 Å². The lowest BCUT2D eigenvalue weighted by atomic mass is 9.87. The van der Waals surface area contributed by atoms with Gasteiger partial charge in [-0.1, -0.05) is 6.07 Å². The van der Waals surface area contributed by atoms with Crippen LogP contribution in [-0.4, -0.2) is 26.2 Å². The van der Waals surface area contributed by atoms with Crippen LogP contribution in [0.2, 0.25) is 0 Å². The molecule has 2 unspecified atom stereocenters. The highest BCUT2D eigenvalue weighted by atomic mass is 16.5. The van der Waals surface area contributed by atoms with Crippen LogP contribution < -0.4 is 10.1 Å². The van der Waals surface area contributed by atoms with Gasteiger partial charge in [-0.05, 0) is 49.4 Å². The van der Waals surface area contributed by atoms with E-state index in [9.17, 15) is 4.79 Å². The quantitative estimate of drug-likeness (QED) is 0.846. The number of ether oxygens (including phenoxy) is 2. The molecule has 1 aliphatic rings. The minimum absolute atomic E-state index is 0.188. The molecular formula is C15H21NO3. The van der Waals surface area contributed by atoms with Gasteiger partial charge in [0.05, 0.1) is 14.2 Å². The van der Waals surface area contributed by atoms with E-state index in [4.69, 9.17) is 9.47 Å². The first-order valence-electron chi connectivity index (χ1n) is 6.66. The zero-order valence-electron chi connectivity index (χ0n) is 11.7. The third-order valence-corrected chi connectivity index (χ3v) is 3.67. The predicted molar refractivity (Wildman–Crippen MR) is 73.3 cm³/mol. The van der Waals surface area contributed by atoms with E-state index in [1.54, 1.807) is 7.11 Å². The second-order valence-electron chi connectivity index (χ2n) is 4.92. The monoisotopic (exact) mass is 263 g/mol. The molecule has 2 atom stereocenters. The van der Waals surface area contributed by atoms with Crippen LogP contribution >= 0.6 is 0 Å². The topological polar surface area (TPSA) is 47.6 Å². The number of nitrogens with one attached hydrogen (secondary N) is 1. The number of fused-ring (bicyclic) bond motifs is 1. The molecule has 0 saturated heterocycles. The Hall–Kier alpha value is -1.55. The fourth-order valence-corrected chi connectivity index (χ4v) is 2.62. The van der Waals surface area contributed by atoms with Gasteiger partial charge in [-0.3, -0.25) is 10.1 Å². The van der Waals surface area contributed by atoms with Crippen LogP contribution in [0.5, 0.6) is 5.75 Å². The Bertz CT molecular complexity index is 459. The van der Waals surface area contributed by atoms with E-state index in [1.165, 1.54) is 18.2 Å². The first-order chi connectivity index (χ1) is 9.15. The van der Waals surface area contributed by atoms with Gasteiger partial charge in [-0.15, -0.1) is 0 Å².